The zero-order valence-electron chi connectivity index (χ0n) is 12.2. The number of hydrogen-bond acceptors (Lipinski definition) is 3. The third-order valence-electron chi connectivity index (χ3n) is 3.56. The normalized spacial score (nSPS) is 17.1. The van der Waals surface area contributed by atoms with Crippen molar-refractivity contribution in [2.24, 2.45) is 0 Å². The van der Waals surface area contributed by atoms with Gasteiger partial charge >= 0.3 is 0 Å². The molecule has 1 aliphatic rings. The Labute approximate surface area is 137 Å². The molecular weight excluding hydrogens is 315 g/mol. The first-order valence-corrected chi connectivity index (χ1v) is 8.31. The van der Waals surface area contributed by atoms with Gasteiger partial charge in [0.2, 0.25) is 5.91 Å². The van der Waals surface area contributed by atoms with Crippen LogP contribution in [0.15, 0.2) is 54.6 Å². The van der Waals surface area contributed by atoms with Crippen LogP contribution < -0.4 is 5.32 Å². The number of amides is 2. The smallest absolute Gasteiger partial charge is 0.255 e. The van der Waals surface area contributed by atoms with Gasteiger partial charge in [0.1, 0.15) is 11.9 Å². The van der Waals surface area contributed by atoms with Gasteiger partial charge < -0.3 is 10.2 Å². The summed E-state index contributed by atoms with van der Waals surface area (Å²) in [5, 5.41) is 2.67. The first-order chi connectivity index (χ1) is 11.1. The number of thioether (sulfide) groups is 1. The minimum atomic E-state index is -0.559. The molecule has 0 spiro atoms. The van der Waals surface area contributed by atoms with Gasteiger partial charge in [-0.3, -0.25) is 9.59 Å². The molecule has 0 aliphatic carbocycles. The van der Waals surface area contributed by atoms with Gasteiger partial charge in [0, 0.05) is 17.0 Å². The molecule has 2 amide bonds. The van der Waals surface area contributed by atoms with Crippen molar-refractivity contribution in [3.05, 3.63) is 66.0 Å². The lowest BCUT2D eigenvalue weighted by molar-refractivity contribution is -0.119. The van der Waals surface area contributed by atoms with Crippen molar-refractivity contribution in [1.82, 2.24) is 4.90 Å². The van der Waals surface area contributed by atoms with Gasteiger partial charge in [-0.25, -0.2) is 4.39 Å². The number of carbonyl (C=O) groups excluding carboxylic acids is 2. The highest BCUT2D eigenvalue weighted by Gasteiger charge is 2.35. The summed E-state index contributed by atoms with van der Waals surface area (Å²) in [6, 6.07) is 14.0. The lowest BCUT2D eigenvalue weighted by atomic mass is 10.1. The largest absolute Gasteiger partial charge is 0.324 e. The van der Waals surface area contributed by atoms with E-state index in [0.717, 1.165) is 0 Å². The van der Waals surface area contributed by atoms with Crippen LogP contribution in [-0.4, -0.2) is 34.4 Å². The molecular formula is C17H15FN2O2S. The molecule has 1 heterocycles. The lowest BCUT2D eigenvalue weighted by Crippen LogP contribution is -2.44. The van der Waals surface area contributed by atoms with Crippen LogP contribution in [0.1, 0.15) is 10.4 Å². The Bertz CT molecular complexity index is 724. The van der Waals surface area contributed by atoms with Crippen molar-refractivity contribution in [3.8, 4) is 0 Å². The summed E-state index contributed by atoms with van der Waals surface area (Å²) < 4.78 is 13.2. The molecule has 3 rings (SSSR count). The Balaban J connectivity index is 1.73. The fraction of sp³-hybridized carbons (Fsp3) is 0.176. The summed E-state index contributed by atoms with van der Waals surface area (Å²) in [7, 11) is 0. The summed E-state index contributed by atoms with van der Waals surface area (Å²) in [5.41, 5.74) is 0.942. The van der Waals surface area contributed by atoms with Crippen LogP contribution in [0.3, 0.4) is 0 Å². The van der Waals surface area contributed by atoms with Crippen LogP contribution in [0.25, 0.3) is 0 Å². The Morgan fingerprint density at radius 2 is 1.91 bits per heavy atom. The van der Waals surface area contributed by atoms with Crippen molar-refractivity contribution in [1.29, 1.82) is 0 Å². The van der Waals surface area contributed by atoms with Gasteiger partial charge in [0.05, 0.1) is 5.88 Å². The highest BCUT2D eigenvalue weighted by Crippen LogP contribution is 2.24. The molecule has 0 saturated carbocycles. The standard InChI is InChI=1S/C17H15FN2O2S/c18-13-7-4-8-14(9-13)19-16(21)15-10-23-11-20(15)17(22)12-5-2-1-3-6-12/h1-9,15H,10-11H2,(H,19,21). The zero-order valence-corrected chi connectivity index (χ0v) is 13.1. The maximum atomic E-state index is 13.2. The molecule has 0 bridgehead atoms. The predicted octanol–water partition coefficient (Wildman–Crippen LogP) is 2.98. The second-order valence-electron chi connectivity index (χ2n) is 5.16. The van der Waals surface area contributed by atoms with Gasteiger partial charge in [0.15, 0.2) is 0 Å². The highest BCUT2D eigenvalue weighted by atomic mass is 32.2. The van der Waals surface area contributed by atoms with Crippen molar-refractivity contribution < 1.29 is 14.0 Å². The van der Waals surface area contributed by atoms with Crippen LogP contribution >= 0.6 is 11.8 Å². The van der Waals surface area contributed by atoms with Gasteiger partial charge in [-0.1, -0.05) is 24.3 Å². The second-order valence-corrected chi connectivity index (χ2v) is 6.16. The van der Waals surface area contributed by atoms with Gasteiger partial charge in [-0.05, 0) is 30.3 Å². The molecule has 4 nitrogen and oxygen atoms in total. The first-order valence-electron chi connectivity index (χ1n) is 7.15. The number of nitrogens with zero attached hydrogens (tertiary/aromatic N) is 1. The van der Waals surface area contributed by atoms with Gasteiger partial charge in [0.25, 0.3) is 5.91 Å². The quantitative estimate of drug-likeness (QED) is 0.941. The molecule has 6 heteroatoms. The van der Waals surface area contributed by atoms with E-state index in [1.54, 1.807) is 35.2 Å². The van der Waals surface area contributed by atoms with Crippen molar-refractivity contribution >= 4 is 29.3 Å². The van der Waals surface area contributed by atoms with Crippen molar-refractivity contribution in [3.63, 3.8) is 0 Å². The molecule has 1 aliphatic heterocycles. The molecule has 23 heavy (non-hydrogen) atoms. The Morgan fingerprint density at radius 3 is 2.65 bits per heavy atom. The number of hydrogen-bond donors (Lipinski definition) is 1. The van der Waals surface area contributed by atoms with Crippen LogP contribution in [0.4, 0.5) is 10.1 Å². The fourth-order valence-electron chi connectivity index (χ4n) is 2.40. The summed E-state index contributed by atoms with van der Waals surface area (Å²) in [4.78, 5) is 26.5. The first kappa shape index (κ1) is 15.6. The number of rotatable bonds is 3. The van der Waals surface area contributed by atoms with E-state index in [9.17, 15) is 14.0 Å². The van der Waals surface area contributed by atoms with Crippen LogP contribution in [-0.2, 0) is 4.79 Å². The lowest BCUT2D eigenvalue weighted by Gasteiger charge is -2.23. The Hall–Kier alpha value is -2.34. The third kappa shape index (κ3) is 3.53. The average Bonchev–Trinajstić information content (AvgIpc) is 3.05. The summed E-state index contributed by atoms with van der Waals surface area (Å²) in [6.07, 6.45) is 0. The minimum absolute atomic E-state index is 0.171. The van der Waals surface area contributed by atoms with Crippen LogP contribution in [0.5, 0.6) is 0 Å². The van der Waals surface area contributed by atoms with Crippen LogP contribution in [0, 0.1) is 5.82 Å². The number of carbonyl (C=O) groups is 2. The zero-order chi connectivity index (χ0) is 16.2. The molecule has 1 unspecified atom stereocenters. The fourth-order valence-corrected chi connectivity index (χ4v) is 3.55. The monoisotopic (exact) mass is 330 g/mol. The molecule has 1 N–H and O–H groups in total. The SMILES string of the molecule is O=C(Nc1cccc(F)c1)C1CSCN1C(=O)c1ccccc1. The number of benzene rings is 2. The summed E-state index contributed by atoms with van der Waals surface area (Å²) in [6.45, 7) is 0. The molecule has 1 saturated heterocycles. The number of halogens is 1. The highest BCUT2D eigenvalue weighted by molar-refractivity contribution is 7.99. The summed E-state index contributed by atoms with van der Waals surface area (Å²) >= 11 is 1.53. The van der Waals surface area contributed by atoms with E-state index in [-0.39, 0.29) is 11.8 Å². The maximum absolute atomic E-state index is 13.2. The number of anilines is 1. The van der Waals surface area contributed by atoms with E-state index in [1.165, 1.54) is 30.0 Å². The van der Waals surface area contributed by atoms with E-state index in [1.807, 2.05) is 6.07 Å². The average molecular weight is 330 g/mol. The topological polar surface area (TPSA) is 49.4 Å². The molecule has 2 aromatic carbocycles. The van der Waals surface area contributed by atoms with Gasteiger partial charge in [-0.2, -0.15) is 0 Å². The van der Waals surface area contributed by atoms with E-state index in [4.69, 9.17) is 0 Å². The van der Waals surface area contributed by atoms with E-state index < -0.39 is 11.9 Å². The molecule has 0 aromatic heterocycles. The molecule has 1 fully saturated rings. The molecule has 2 aromatic rings. The van der Waals surface area contributed by atoms with E-state index in [0.29, 0.717) is 22.9 Å². The number of nitrogens with one attached hydrogen (secondary N) is 1. The molecule has 1 atom stereocenters. The maximum Gasteiger partial charge on any atom is 0.255 e. The van der Waals surface area contributed by atoms with Gasteiger partial charge in [-0.15, -0.1) is 11.8 Å². The predicted molar refractivity (Wildman–Crippen MR) is 88.8 cm³/mol. The van der Waals surface area contributed by atoms with E-state index in [2.05, 4.69) is 5.32 Å². The van der Waals surface area contributed by atoms with Crippen LogP contribution in [0.2, 0.25) is 0 Å². The minimum Gasteiger partial charge on any atom is -0.324 e. The van der Waals surface area contributed by atoms with Crippen molar-refractivity contribution in [2.45, 2.75) is 6.04 Å². The third-order valence-corrected chi connectivity index (χ3v) is 4.57. The molecule has 0 radical (unpaired) electrons. The summed E-state index contributed by atoms with van der Waals surface area (Å²) in [5.74, 6) is 0.106. The molecule has 118 valence electrons. The second kappa shape index (κ2) is 6.83. The Morgan fingerprint density at radius 1 is 1.13 bits per heavy atom. The van der Waals surface area contributed by atoms with E-state index >= 15 is 0 Å². The Kier molecular flexibility index (Phi) is 4.62. The van der Waals surface area contributed by atoms with Crippen molar-refractivity contribution in [2.75, 3.05) is 16.9 Å².